The van der Waals surface area contributed by atoms with Crippen LogP contribution in [0.3, 0.4) is 0 Å². The summed E-state index contributed by atoms with van der Waals surface area (Å²) in [5, 5.41) is -0.300. The second-order valence-electron chi connectivity index (χ2n) is 7.14. The number of aryl methyl sites for hydroxylation is 1. The fourth-order valence-corrected chi connectivity index (χ4v) is 4.65. The third-order valence-electron chi connectivity index (χ3n) is 4.92. The number of hydrogen-bond donors (Lipinski definition) is 0. The van der Waals surface area contributed by atoms with E-state index < -0.39 is 5.97 Å². The van der Waals surface area contributed by atoms with Gasteiger partial charge in [0, 0.05) is 3.57 Å². The maximum atomic E-state index is 12.9. The van der Waals surface area contributed by atoms with Crippen molar-refractivity contribution in [3.05, 3.63) is 104 Å². The lowest BCUT2D eigenvalue weighted by atomic mass is 10.1. The molecule has 7 heteroatoms. The Morgan fingerprint density at radius 3 is 2.56 bits per heavy atom. The summed E-state index contributed by atoms with van der Waals surface area (Å²) in [6.07, 6.45) is 1.65. The number of benzene rings is 3. The van der Waals surface area contributed by atoms with Gasteiger partial charge in [-0.2, -0.15) is 0 Å². The summed E-state index contributed by atoms with van der Waals surface area (Å²) in [5.41, 5.74) is 3.11. The Balaban J connectivity index is 1.51. The van der Waals surface area contributed by atoms with Crippen LogP contribution < -0.4 is 4.74 Å². The number of nitrogens with zero attached hydrogens (tertiary/aromatic N) is 1. The van der Waals surface area contributed by atoms with E-state index in [2.05, 4.69) is 22.6 Å². The molecule has 1 aliphatic rings. The summed E-state index contributed by atoms with van der Waals surface area (Å²) in [5.74, 6) is -0.419. The number of imide groups is 1. The van der Waals surface area contributed by atoms with Crippen molar-refractivity contribution in [2.75, 3.05) is 0 Å². The normalized spacial score (nSPS) is 14.8. The van der Waals surface area contributed by atoms with Crippen LogP contribution in [0.5, 0.6) is 5.75 Å². The smallest absolute Gasteiger partial charge is 0.344 e. The van der Waals surface area contributed by atoms with E-state index in [0.717, 1.165) is 26.5 Å². The minimum absolute atomic E-state index is 0.238. The number of carbonyl (C=O) groups is 3. The molecule has 0 spiro atoms. The second kappa shape index (κ2) is 9.70. The Kier molecular flexibility index (Phi) is 6.76. The first-order chi connectivity index (χ1) is 15.4. The minimum Gasteiger partial charge on any atom is -0.423 e. The molecule has 1 fully saturated rings. The molecular weight excluding hydrogens is 537 g/mol. The van der Waals surface area contributed by atoms with Crippen molar-refractivity contribution in [1.82, 2.24) is 4.90 Å². The molecule has 4 rings (SSSR count). The zero-order valence-corrected chi connectivity index (χ0v) is 20.1. The van der Waals surface area contributed by atoms with Crippen LogP contribution in [0.15, 0.2) is 77.7 Å². The molecule has 0 aromatic heterocycles. The first-order valence-corrected chi connectivity index (χ1v) is 11.7. The van der Waals surface area contributed by atoms with Crippen LogP contribution in [0.25, 0.3) is 6.08 Å². The summed E-state index contributed by atoms with van der Waals surface area (Å²) < 4.78 is 6.31. The molecule has 2 amide bonds. The zero-order valence-electron chi connectivity index (χ0n) is 17.1. The molecule has 0 atom stereocenters. The number of carbonyl (C=O) groups excluding carboxylic acids is 3. The van der Waals surface area contributed by atoms with Crippen LogP contribution in [0.1, 0.15) is 27.0 Å². The van der Waals surface area contributed by atoms with Gasteiger partial charge >= 0.3 is 5.97 Å². The van der Waals surface area contributed by atoms with E-state index in [1.807, 2.05) is 43.3 Å². The van der Waals surface area contributed by atoms with Gasteiger partial charge in [-0.15, -0.1) is 0 Å². The van der Waals surface area contributed by atoms with E-state index in [0.29, 0.717) is 21.8 Å². The molecule has 0 unspecified atom stereocenters. The van der Waals surface area contributed by atoms with Crippen LogP contribution in [0.2, 0.25) is 0 Å². The van der Waals surface area contributed by atoms with Crippen molar-refractivity contribution in [2.24, 2.45) is 0 Å². The lowest BCUT2D eigenvalue weighted by Crippen LogP contribution is -2.27. The fraction of sp³-hybridized carbons (Fsp3) is 0.0800. The lowest BCUT2D eigenvalue weighted by Gasteiger charge is -2.14. The molecule has 0 aliphatic carbocycles. The van der Waals surface area contributed by atoms with Crippen molar-refractivity contribution in [3.63, 3.8) is 0 Å². The van der Waals surface area contributed by atoms with Gasteiger partial charge in [0.2, 0.25) is 0 Å². The molecule has 3 aromatic rings. The summed E-state index contributed by atoms with van der Waals surface area (Å²) >= 11 is 3.00. The Labute approximate surface area is 203 Å². The molecule has 1 saturated heterocycles. The fourth-order valence-electron chi connectivity index (χ4n) is 3.20. The number of rotatable bonds is 5. The van der Waals surface area contributed by atoms with Gasteiger partial charge in [-0.1, -0.05) is 48.5 Å². The predicted octanol–water partition coefficient (Wildman–Crippen LogP) is 6.06. The molecular formula is C25H18INO4S. The molecule has 32 heavy (non-hydrogen) atoms. The topological polar surface area (TPSA) is 63.7 Å². The first kappa shape index (κ1) is 22.3. The van der Waals surface area contributed by atoms with Crippen LogP contribution in [-0.4, -0.2) is 22.0 Å². The van der Waals surface area contributed by atoms with Gasteiger partial charge in [-0.3, -0.25) is 14.5 Å². The molecule has 0 radical (unpaired) electrons. The van der Waals surface area contributed by atoms with Gasteiger partial charge in [0.05, 0.1) is 17.0 Å². The minimum atomic E-state index is -0.453. The van der Waals surface area contributed by atoms with Crippen molar-refractivity contribution in [2.45, 2.75) is 13.5 Å². The largest absolute Gasteiger partial charge is 0.423 e. The van der Waals surface area contributed by atoms with Crippen LogP contribution in [0, 0.1) is 10.5 Å². The second-order valence-corrected chi connectivity index (χ2v) is 9.29. The average molecular weight is 555 g/mol. The van der Waals surface area contributed by atoms with Crippen LogP contribution in [-0.2, 0) is 11.3 Å². The number of amides is 2. The SMILES string of the molecule is Cc1ccccc1CN1C(=O)S/C(=C\c2cccc(OC(=O)c3ccccc3I)c2)C1=O. The molecule has 0 saturated carbocycles. The third kappa shape index (κ3) is 4.94. The average Bonchev–Trinajstić information content (AvgIpc) is 3.03. The monoisotopic (exact) mass is 555 g/mol. The van der Waals surface area contributed by atoms with Crippen molar-refractivity contribution >= 4 is 57.5 Å². The number of hydrogen-bond acceptors (Lipinski definition) is 5. The van der Waals surface area contributed by atoms with Gasteiger partial charge in [-0.25, -0.2) is 4.79 Å². The van der Waals surface area contributed by atoms with Crippen LogP contribution >= 0.6 is 34.4 Å². The lowest BCUT2D eigenvalue weighted by molar-refractivity contribution is -0.123. The predicted molar refractivity (Wildman–Crippen MR) is 133 cm³/mol. The molecule has 5 nitrogen and oxygen atoms in total. The molecule has 1 heterocycles. The highest BCUT2D eigenvalue weighted by Crippen LogP contribution is 2.34. The van der Waals surface area contributed by atoms with Crippen LogP contribution in [0.4, 0.5) is 4.79 Å². The van der Waals surface area contributed by atoms with Gasteiger partial charge in [-0.05, 0) is 88.3 Å². The zero-order chi connectivity index (χ0) is 22.7. The van der Waals surface area contributed by atoms with Crippen molar-refractivity contribution in [1.29, 1.82) is 0 Å². The van der Waals surface area contributed by atoms with Crippen molar-refractivity contribution < 1.29 is 19.1 Å². The number of thioether (sulfide) groups is 1. The van der Waals surface area contributed by atoms with E-state index >= 15 is 0 Å². The van der Waals surface area contributed by atoms with E-state index in [-0.39, 0.29) is 17.7 Å². The highest BCUT2D eigenvalue weighted by atomic mass is 127. The van der Waals surface area contributed by atoms with E-state index in [9.17, 15) is 14.4 Å². The number of ether oxygens (including phenoxy) is 1. The van der Waals surface area contributed by atoms with E-state index in [1.165, 1.54) is 4.90 Å². The Bertz CT molecular complexity index is 1250. The quantitative estimate of drug-likeness (QED) is 0.166. The van der Waals surface area contributed by atoms with Crippen molar-refractivity contribution in [3.8, 4) is 5.75 Å². The molecule has 0 bridgehead atoms. The van der Waals surface area contributed by atoms with Gasteiger partial charge in [0.15, 0.2) is 0 Å². The summed E-state index contributed by atoms with van der Waals surface area (Å²) in [6.45, 7) is 2.19. The molecule has 1 aliphatic heterocycles. The van der Waals surface area contributed by atoms with Gasteiger partial charge < -0.3 is 4.74 Å². The molecule has 160 valence electrons. The first-order valence-electron chi connectivity index (χ1n) is 9.79. The summed E-state index contributed by atoms with van der Waals surface area (Å²) in [6, 6.07) is 21.7. The molecule has 0 N–H and O–H groups in total. The standard InChI is InChI=1S/C25H18INO4S/c1-16-7-2-3-9-18(16)15-27-23(28)22(32-25(27)30)14-17-8-6-10-19(13-17)31-24(29)20-11-4-5-12-21(20)26/h2-14H,15H2,1H3/b22-14-. The van der Waals surface area contributed by atoms with Gasteiger partial charge in [0.1, 0.15) is 5.75 Å². The highest BCUT2D eigenvalue weighted by molar-refractivity contribution is 14.1. The Morgan fingerprint density at radius 1 is 1.03 bits per heavy atom. The Hall–Kier alpha value is -2.91. The number of halogens is 1. The van der Waals surface area contributed by atoms with Gasteiger partial charge in [0.25, 0.3) is 11.1 Å². The third-order valence-corrected chi connectivity index (χ3v) is 6.77. The maximum Gasteiger partial charge on any atom is 0.344 e. The number of esters is 1. The molecule has 3 aromatic carbocycles. The highest BCUT2D eigenvalue weighted by Gasteiger charge is 2.35. The summed E-state index contributed by atoms with van der Waals surface area (Å²) in [7, 11) is 0. The van der Waals surface area contributed by atoms with E-state index in [1.54, 1.807) is 42.5 Å². The maximum absolute atomic E-state index is 12.9. The summed E-state index contributed by atoms with van der Waals surface area (Å²) in [4.78, 5) is 39.4. The Morgan fingerprint density at radius 2 is 1.78 bits per heavy atom. The van der Waals surface area contributed by atoms with E-state index in [4.69, 9.17) is 4.74 Å².